The van der Waals surface area contributed by atoms with Crippen LogP contribution in [0.2, 0.25) is 0 Å². The highest BCUT2D eigenvalue weighted by Crippen LogP contribution is 2.24. The van der Waals surface area contributed by atoms with Crippen molar-refractivity contribution in [2.24, 2.45) is 0 Å². The quantitative estimate of drug-likeness (QED) is 0.723. The van der Waals surface area contributed by atoms with Gasteiger partial charge in [0.25, 0.3) is 0 Å². The Labute approximate surface area is 101 Å². The third-order valence-electron chi connectivity index (χ3n) is 2.66. The molecule has 0 aliphatic rings. The van der Waals surface area contributed by atoms with Gasteiger partial charge >= 0.3 is 0 Å². The molecular weight excluding hydrogens is 214 g/mol. The third kappa shape index (κ3) is 3.19. The molecule has 17 heavy (non-hydrogen) atoms. The average molecular weight is 232 g/mol. The first kappa shape index (κ1) is 11.9. The van der Waals surface area contributed by atoms with E-state index in [1.807, 2.05) is 29.6 Å². The molecule has 0 unspecified atom stereocenters. The van der Waals surface area contributed by atoms with Gasteiger partial charge in [0.1, 0.15) is 18.9 Å². The Hall–Kier alpha value is -1.58. The highest BCUT2D eigenvalue weighted by Gasteiger charge is 2.00. The number of hydrogen-bond acceptors (Lipinski definition) is 2. The van der Waals surface area contributed by atoms with Gasteiger partial charge in [-0.2, -0.15) is 0 Å². The third-order valence-corrected chi connectivity index (χ3v) is 2.66. The van der Waals surface area contributed by atoms with Crippen LogP contribution in [0.4, 0.5) is 0 Å². The van der Waals surface area contributed by atoms with E-state index in [0.29, 0.717) is 6.61 Å². The molecule has 0 radical (unpaired) electrons. The second kappa shape index (κ2) is 6.23. The molecule has 0 aliphatic carbocycles. The molecule has 3 N–H and O–H groups in total. The van der Waals surface area contributed by atoms with Crippen molar-refractivity contribution in [3.8, 4) is 5.75 Å². The maximum absolute atomic E-state index is 8.65. The van der Waals surface area contributed by atoms with Crippen molar-refractivity contribution in [3.05, 3.63) is 42.5 Å². The van der Waals surface area contributed by atoms with Crippen molar-refractivity contribution in [1.82, 2.24) is 0 Å². The Balaban J connectivity index is 1.98. The van der Waals surface area contributed by atoms with Crippen LogP contribution in [0, 0.1) is 0 Å². The van der Waals surface area contributed by atoms with Gasteiger partial charge < -0.3 is 15.2 Å². The molecular formula is C14H18NO2+. The lowest BCUT2D eigenvalue weighted by Crippen LogP contribution is -2.86. The molecule has 0 atom stereocenters. The van der Waals surface area contributed by atoms with Crippen LogP contribution in [-0.4, -0.2) is 31.4 Å². The van der Waals surface area contributed by atoms with Crippen LogP contribution in [0.25, 0.3) is 10.8 Å². The Morgan fingerprint density at radius 1 is 1.00 bits per heavy atom. The fourth-order valence-corrected chi connectivity index (χ4v) is 1.81. The second-order valence-electron chi connectivity index (χ2n) is 3.92. The number of rotatable bonds is 6. The number of ether oxygens (including phenoxy) is 1. The molecule has 0 saturated heterocycles. The minimum Gasteiger partial charge on any atom is -0.487 e. The minimum atomic E-state index is 0.217. The number of nitrogens with two attached hydrogens (primary N) is 1. The number of quaternary nitrogens is 1. The Bertz CT molecular complexity index is 465. The molecule has 0 fully saturated rings. The largest absolute Gasteiger partial charge is 0.487 e. The molecule has 2 aromatic carbocycles. The van der Waals surface area contributed by atoms with E-state index in [2.05, 4.69) is 18.2 Å². The van der Waals surface area contributed by atoms with Crippen LogP contribution in [-0.2, 0) is 0 Å². The van der Waals surface area contributed by atoms with E-state index in [-0.39, 0.29) is 6.61 Å². The van der Waals surface area contributed by atoms with Gasteiger partial charge in [-0.3, -0.25) is 0 Å². The molecule has 0 heterocycles. The second-order valence-corrected chi connectivity index (χ2v) is 3.92. The Kier molecular flexibility index (Phi) is 4.36. The SMILES string of the molecule is OCC[NH2+]CCOc1cccc2ccccc12. The first-order chi connectivity index (χ1) is 8.42. The van der Waals surface area contributed by atoms with Crippen molar-refractivity contribution in [1.29, 1.82) is 0 Å². The molecule has 2 aromatic rings. The lowest BCUT2D eigenvalue weighted by Gasteiger charge is -2.08. The van der Waals surface area contributed by atoms with Gasteiger partial charge in [0.05, 0.1) is 13.2 Å². The zero-order chi connectivity index (χ0) is 11.9. The standard InChI is InChI=1S/C14H17NO2/c16-10-8-15-9-11-17-14-7-3-5-12-4-1-2-6-13(12)14/h1-7,15-16H,8-11H2/p+1. The fraction of sp³-hybridized carbons (Fsp3) is 0.286. The van der Waals surface area contributed by atoms with E-state index in [0.717, 1.165) is 24.2 Å². The normalized spacial score (nSPS) is 10.6. The summed E-state index contributed by atoms with van der Waals surface area (Å²) in [5.74, 6) is 0.931. The van der Waals surface area contributed by atoms with Gasteiger partial charge in [0.2, 0.25) is 0 Å². The topological polar surface area (TPSA) is 46.1 Å². The summed E-state index contributed by atoms with van der Waals surface area (Å²) in [4.78, 5) is 0. The fourth-order valence-electron chi connectivity index (χ4n) is 1.81. The maximum atomic E-state index is 8.65. The van der Waals surface area contributed by atoms with Crippen LogP contribution in [0.15, 0.2) is 42.5 Å². The van der Waals surface area contributed by atoms with Crippen molar-refractivity contribution in [2.75, 3.05) is 26.3 Å². The molecule has 3 nitrogen and oxygen atoms in total. The monoisotopic (exact) mass is 232 g/mol. The Morgan fingerprint density at radius 3 is 2.71 bits per heavy atom. The molecule has 0 spiro atoms. The molecule has 3 heteroatoms. The van der Waals surface area contributed by atoms with Crippen molar-refractivity contribution >= 4 is 10.8 Å². The summed E-state index contributed by atoms with van der Waals surface area (Å²) in [6.45, 7) is 2.48. The van der Waals surface area contributed by atoms with E-state index in [4.69, 9.17) is 9.84 Å². The zero-order valence-electron chi connectivity index (χ0n) is 9.80. The van der Waals surface area contributed by atoms with E-state index < -0.39 is 0 Å². The molecule has 0 saturated carbocycles. The predicted molar refractivity (Wildman–Crippen MR) is 68.2 cm³/mol. The van der Waals surface area contributed by atoms with Crippen LogP contribution >= 0.6 is 0 Å². The van der Waals surface area contributed by atoms with Gasteiger partial charge in [-0.15, -0.1) is 0 Å². The van der Waals surface area contributed by atoms with Crippen LogP contribution in [0.1, 0.15) is 0 Å². The number of hydrogen-bond donors (Lipinski definition) is 2. The lowest BCUT2D eigenvalue weighted by molar-refractivity contribution is -0.656. The summed E-state index contributed by atoms with van der Waals surface area (Å²) in [6.07, 6.45) is 0. The van der Waals surface area contributed by atoms with Gasteiger partial charge in [-0.25, -0.2) is 0 Å². The van der Waals surface area contributed by atoms with Crippen molar-refractivity contribution < 1.29 is 15.2 Å². The minimum absolute atomic E-state index is 0.217. The van der Waals surface area contributed by atoms with Gasteiger partial charge in [0, 0.05) is 5.39 Å². The van der Waals surface area contributed by atoms with Crippen LogP contribution < -0.4 is 10.1 Å². The zero-order valence-corrected chi connectivity index (χ0v) is 9.80. The molecule has 0 amide bonds. The molecule has 0 aromatic heterocycles. The first-order valence-corrected chi connectivity index (χ1v) is 5.95. The number of aliphatic hydroxyl groups is 1. The van der Waals surface area contributed by atoms with Gasteiger partial charge in [-0.05, 0) is 11.5 Å². The summed E-state index contributed by atoms with van der Waals surface area (Å²) in [7, 11) is 0. The molecule has 90 valence electrons. The summed E-state index contributed by atoms with van der Waals surface area (Å²) >= 11 is 0. The maximum Gasteiger partial charge on any atom is 0.137 e. The number of fused-ring (bicyclic) bond motifs is 1. The highest BCUT2D eigenvalue weighted by atomic mass is 16.5. The van der Waals surface area contributed by atoms with E-state index in [9.17, 15) is 0 Å². The van der Waals surface area contributed by atoms with Crippen LogP contribution in [0.3, 0.4) is 0 Å². The van der Waals surface area contributed by atoms with Crippen molar-refractivity contribution in [3.63, 3.8) is 0 Å². The number of aliphatic hydroxyl groups excluding tert-OH is 1. The van der Waals surface area contributed by atoms with E-state index in [1.165, 1.54) is 5.39 Å². The van der Waals surface area contributed by atoms with E-state index >= 15 is 0 Å². The summed E-state index contributed by atoms with van der Waals surface area (Å²) in [5, 5.41) is 13.0. The first-order valence-electron chi connectivity index (χ1n) is 5.95. The summed E-state index contributed by atoms with van der Waals surface area (Å²) in [6, 6.07) is 14.3. The molecule has 2 rings (SSSR count). The van der Waals surface area contributed by atoms with Crippen molar-refractivity contribution in [2.45, 2.75) is 0 Å². The van der Waals surface area contributed by atoms with Gasteiger partial charge in [0.15, 0.2) is 0 Å². The molecule has 0 bridgehead atoms. The summed E-state index contributed by atoms with van der Waals surface area (Å²) < 4.78 is 5.75. The van der Waals surface area contributed by atoms with Gasteiger partial charge in [-0.1, -0.05) is 36.4 Å². The smallest absolute Gasteiger partial charge is 0.137 e. The predicted octanol–water partition coefficient (Wildman–Crippen LogP) is 0.774. The van der Waals surface area contributed by atoms with E-state index in [1.54, 1.807) is 0 Å². The lowest BCUT2D eigenvalue weighted by atomic mass is 10.1. The summed E-state index contributed by atoms with van der Waals surface area (Å²) in [5.41, 5.74) is 0. The number of benzene rings is 2. The highest BCUT2D eigenvalue weighted by molar-refractivity contribution is 5.88. The average Bonchev–Trinajstić information content (AvgIpc) is 2.39. The van der Waals surface area contributed by atoms with Crippen LogP contribution in [0.5, 0.6) is 5.75 Å². The molecule has 0 aliphatic heterocycles. The Morgan fingerprint density at radius 2 is 1.82 bits per heavy atom.